The first kappa shape index (κ1) is 17.4. The molecule has 3 heterocycles. The number of aryl methyl sites for hydroxylation is 2. The van der Waals surface area contributed by atoms with Crippen molar-refractivity contribution in [1.29, 1.82) is 0 Å². The van der Waals surface area contributed by atoms with Crippen LogP contribution in [0.3, 0.4) is 0 Å². The molecule has 0 spiro atoms. The molecule has 0 saturated carbocycles. The third kappa shape index (κ3) is 2.89. The summed E-state index contributed by atoms with van der Waals surface area (Å²) in [6, 6.07) is 6.06. The van der Waals surface area contributed by atoms with Crippen molar-refractivity contribution in [3.05, 3.63) is 57.4 Å². The number of hydrogen-bond donors (Lipinski definition) is 1. The van der Waals surface area contributed by atoms with E-state index in [4.69, 9.17) is 9.47 Å². The Kier molecular flexibility index (Phi) is 4.77. The molecule has 0 saturated heterocycles. The molecule has 1 aromatic carbocycles. The summed E-state index contributed by atoms with van der Waals surface area (Å²) in [5, 5.41) is 3.17. The quantitative estimate of drug-likeness (QED) is 0.796. The van der Waals surface area contributed by atoms with Crippen molar-refractivity contribution >= 4 is 11.8 Å². The fourth-order valence-electron chi connectivity index (χ4n) is 3.42. The van der Waals surface area contributed by atoms with Gasteiger partial charge in [0.2, 0.25) is 0 Å². The summed E-state index contributed by atoms with van der Waals surface area (Å²) < 4.78 is 10.5. The highest BCUT2D eigenvalue weighted by Gasteiger charge is 2.43. The zero-order valence-corrected chi connectivity index (χ0v) is 15.1. The number of rotatable bonds is 1. The molecule has 1 atom stereocenters. The molecule has 132 valence electrons. The van der Waals surface area contributed by atoms with E-state index in [-0.39, 0.29) is 30.9 Å². The molecule has 4 rings (SSSR count). The Labute approximate surface area is 147 Å². The van der Waals surface area contributed by atoms with E-state index in [1.54, 1.807) is 0 Å². The third-order valence-electron chi connectivity index (χ3n) is 4.74. The Morgan fingerprint density at radius 1 is 0.960 bits per heavy atom. The standard InChI is InChI=1S/C18H17NO4.C2H6/c1-9-3-4-11(5-10(9)2)15-16-12(6-22-8-14(16)20)19-13-7-23-18(21)17(13)15;1-2/h3-5,15,19H,6-8H2,1-2H3;1-2H3. The van der Waals surface area contributed by atoms with Crippen LogP contribution in [0.5, 0.6) is 0 Å². The lowest BCUT2D eigenvalue weighted by molar-refractivity contribution is -0.136. The van der Waals surface area contributed by atoms with Crippen molar-refractivity contribution in [2.45, 2.75) is 33.6 Å². The number of ketones is 1. The Bertz CT molecular complexity index is 804. The molecular formula is C20H23NO4. The molecule has 1 N–H and O–H groups in total. The Hall–Kier alpha value is -2.40. The van der Waals surface area contributed by atoms with Gasteiger partial charge in [0.15, 0.2) is 5.78 Å². The maximum atomic E-state index is 12.5. The number of dihydropyridines is 1. The van der Waals surface area contributed by atoms with Crippen LogP contribution in [0.1, 0.15) is 36.5 Å². The number of hydrogen-bond acceptors (Lipinski definition) is 5. The highest BCUT2D eigenvalue weighted by atomic mass is 16.5. The van der Waals surface area contributed by atoms with Gasteiger partial charge in [-0.3, -0.25) is 4.79 Å². The molecule has 1 unspecified atom stereocenters. The van der Waals surface area contributed by atoms with Crippen LogP contribution in [0.4, 0.5) is 0 Å². The number of cyclic esters (lactones) is 1. The predicted octanol–water partition coefficient (Wildman–Crippen LogP) is 2.68. The summed E-state index contributed by atoms with van der Waals surface area (Å²) in [6.45, 7) is 8.71. The second kappa shape index (κ2) is 6.84. The van der Waals surface area contributed by atoms with Crippen LogP contribution in [0, 0.1) is 13.8 Å². The van der Waals surface area contributed by atoms with Crippen molar-refractivity contribution in [2.24, 2.45) is 0 Å². The van der Waals surface area contributed by atoms with E-state index in [2.05, 4.69) is 11.4 Å². The first-order chi connectivity index (χ1) is 12.1. The zero-order chi connectivity index (χ0) is 18.1. The van der Waals surface area contributed by atoms with Crippen LogP contribution in [-0.4, -0.2) is 31.6 Å². The molecule has 0 amide bonds. The van der Waals surface area contributed by atoms with Crippen LogP contribution in [0.15, 0.2) is 40.7 Å². The second-order valence-electron chi connectivity index (χ2n) is 6.18. The molecule has 1 aromatic rings. The molecule has 5 heteroatoms. The fourth-order valence-corrected chi connectivity index (χ4v) is 3.42. The molecule has 0 bridgehead atoms. The molecule has 0 aliphatic carbocycles. The van der Waals surface area contributed by atoms with Crippen LogP contribution >= 0.6 is 0 Å². The van der Waals surface area contributed by atoms with E-state index in [0.29, 0.717) is 17.8 Å². The Morgan fingerprint density at radius 3 is 2.40 bits per heavy atom. The number of Topliss-reactive ketones (excluding diaryl/α,β-unsaturated/α-hetero) is 1. The van der Waals surface area contributed by atoms with Gasteiger partial charge in [-0.05, 0) is 30.5 Å². The van der Waals surface area contributed by atoms with Gasteiger partial charge in [-0.2, -0.15) is 0 Å². The summed E-state index contributed by atoms with van der Waals surface area (Å²) in [7, 11) is 0. The molecule has 25 heavy (non-hydrogen) atoms. The van der Waals surface area contributed by atoms with Crippen molar-refractivity contribution in [3.63, 3.8) is 0 Å². The maximum Gasteiger partial charge on any atom is 0.337 e. The van der Waals surface area contributed by atoms with Gasteiger partial charge in [0, 0.05) is 17.2 Å². The van der Waals surface area contributed by atoms with E-state index in [0.717, 1.165) is 22.5 Å². The van der Waals surface area contributed by atoms with Crippen molar-refractivity contribution in [1.82, 2.24) is 5.32 Å². The maximum absolute atomic E-state index is 12.5. The van der Waals surface area contributed by atoms with E-state index in [9.17, 15) is 9.59 Å². The molecule has 0 aromatic heterocycles. The van der Waals surface area contributed by atoms with Gasteiger partial charge in [0.25, 0.3) is 0 Å². The van der Waals surface area contributed by atoms with Crippen molar-refractivity contribution in [3.8, 4) is 0 Å². The first-order valence-corrected chi connectivity index (χ1v) is 8.64. The molecular weight excluding hydrogens is 318 g/mol. The minimum Gasteiger partial charge on any atom is -0.456 e. The Morgan fingerprint density at radius 2 is 1.68 bits per heavy atom. The summed E-state index contributed by atoms with van der Waals surface area (Å²) in [6.07, 6.45) is 0. The van der Waals surface area contributed by atoms with E-state index in [1.165, 1.54) is 5.56 Å². The monoisotopic (exact) mass is 341 g/mol. The van der Waals surface area contributed by atoms with Gasteiger partial charge in [-0.15, -0.1) is 0 Å². The minimum atomic E-state index is -0.369. The van der Waals surface area contributed by atoms with Gasteiger partial charge in [-0.25, -0.2) is 4.79 Å². The van der Waals surface area contributed by atoms with Gasteiger partial charge < -0.3 is 14.8 Å². The molecule has 3 aliphatic rings. The number of esters is 1. The minimum absolute atomic E-state index is 0.0551. The third-order valence-corrected chi connectivity index (χ3v) is 4.74. The average Bonchev–Trinajstić information content (AvgIpc) is 2.98. The van der Waals surface area contributed by atoms with E-state index in [1.807, 2.05) is 39.8 Å². The smallest absolute Gasteiger partial charge is 0.337 e. The van der Waals surface area contributed by atoms with Gasteiger partial charge >= 0.3 is 5.97 Å². The number of benzene rings is 1. The van der Waals surface area contributed by atoms with Crippen LogP contribution in [0.2, 0.25) is 0 Å². The number of carbonyl (C=O) groups excluding carboxylic acids is 2. The molecule has 0 radical (unpaired) electrons. The van der Waals surface area contributed by atoms with Crippen molar-refractivity contribution in [2.75, 3.05) is 19.8 Å². The highest BCUT2D eigenvalue weighted by Crippen LogP contribution is 2.42. The SMILES string of the molecule is CC.Cc1ccc(C2C3=C(COCC3=O)NC3=C2C(=O)OC3)cc1C. The van der Waals surface area contributed by atoms with Crippen LogP contribution in [-0.2, 0) is 19.1 Å². The molecule has 5 nitrogen and oxygen atoms in total. The predicted molar refractivity (Wildman–Crippen MR) is 94.0 cm³/mol. The number of nitrogens with one attached hydrogen (secondary N) is 1. The van der Waals surface area contributed by atoms with Crippen molar-refractivity contribution < 1.29 is 19.1 Å². The summed E-state index contributed by atoms with van der Waals surface area (Å²) in [4.78, 5) is 24.7. The topological polar surface area (TPSA) is 64.6 Å². The normalized spacial score (nSPS) is 21.8. The fraction of sp³-hybridized carbons (Fsp3) is 0.400. The largest absolute Gasteiger partial charge is 0.456 e. The summed E-state index contributed by atoms with van der Waals surface area (Å²) in [5.74, 6) is -0.790. The lowest BCUT2D eigenvalue weighted by atomic mass is 9.78. The lowest BCUT2D eigenvalue weighted by Gasteiger charge is -2.32. The van der Waals surface area contributed by atoms with Gasteiger partial charge in [-0.1, -0.05) is 32.0 Å². The summed E-state index contributed by atoms with van der Waals surface area (Å²) in [5.41, 5.74) is 5.95. The highest BCUT2D eigenvalue weighted by molar-refractivity contribution is 6.05. The van der Waals surface area contributed by atoms with E-state index < -0.39 is 0 Å². The van der Waals surface area contributed by atoms with Gasteiger partial charge in [0.05, 0.1) is 17.9 Å². The average molecular weight is 341 g/mol. The number of ether oxygens (including phenoxy) is 2. The van der Waals surface area contributed by atoms with Crippen LogP contribution in [0.25, 0.3) is 0 Å². The van der Waals surface area contributed by atoms with Crippen LogP contribution < -0.4 is 5.32 Å². The lowest BCUT2D eigenvalue weighted by Crippen LogP contribution is -2.37. The first-order valence-electron chi connectivity index (χ1n) is 8.64. The van der Waals surface area contributed by atoms with Gasteiger partial charge in [0.1, 0.15) is 13.2 Å². The molecule has 3 aliphatic heterocycles. The molecule has 0 fully saturated rings. The Balaban J connectivity index is 0.000000880. The zero-order valence-electron chi connectivity index (χ0n) is 15.1. The summed E-state index contributed by atoms with van der Waals surface area (Å²) >= 11 is 0. The second-order valence-corrected chi connectivity index (χ2v) is 6.18. The van der Waals surface area contributed by atoms with E-state index >= 15 is 0 Å². The number of carbonyl (C=O) groups is 2.